The molecule has 0 spiro atoms. The Labute approximate surface area is 100 Å². The number of halogens is 3. The second kappa shape index (κ2) is 5.08. The molecule has 0 bridgehead atoms. The molecule has 0 heterocycles. The fraction of sp³-hybridized carbons (Fsp3) is 0.538. The van der Waals surface area contributed by atoms with Gasteiger partial charge in [0.25, 0.3) is 0 Å². The van der Waals surface area contributed by atoms with E-state index < -0.39 is 12.7 Å². The molecule has 1 N–H and O–H groups in total. The Kier molecular flexibility index (Phi) is 4.20. The first kappa shape index (κ1) is 14.0. The van der Waals surface area contributed by atoms with Crippen LogP contribution >= 0.6 is 0 Å². The fourth-order valence-electron chi connectivity index (χ4n) is 1.75. The molecule has 0 saturated heterocycles. The van der Waals surface area contributed by atoms with Gasteiger partial charge in [0.1, 0.15) is 0 Å². The highest BCUT2D eigenvalue weighted by Gasteiger charge is 2.26. The van der Waals surface area contributed by atoms with Crippen molar-refractivity contribution in [3.8, 4) is 0 Å². The van der Waals surface area contributed by atoms with E-state index in [2.05, 4.69) is 26.1 Å². The van der Waals surface area contributed by atoms with Crippen molar-refractivity contribution in [2.45, 2.75) is 38.9 Å². The van der Waals surface area contributed by atoms with Crippen LogP contribution in [0.4, 0.5) is 13.2 Å². The van der Waals surface area contributed by atoms with Crippen LogP contribution in [0.25, 0.3) is 0 Å². The number of hydrogen-bond acceptors (Lipinski definition) is 1. The Balaban J connectivity index is 2.72. The predicted octanol–water partition coefficient (Wildman–Crippen LogP) is 3.64. The normalized spacial score (nSPS) is 12.8. The van der Waals surface area contributed by atoms with Crippen LogP contribution in [0.5, 0.6) is 0 Å². The predicted molar refractivity (Wildman–Crippen MR) is 62.9 cm³/mol. The maximum absolute atomic E-state index is 12.0. The monoisotopic (exact) mass is 245 g/mol. The van der Waals surface area contributed by atoms with Crippen molar-refractivity contribution >= 4 is 0 Å². The maximum Gasteiger partial charge on any atom is 0.401 e. The van der Waals surface area contributed by atoms with Gasteiger partial charge in [-0.25, -0.2) is 0 Å². The Morgan fingerprint density at radius 3 is 2.18 bits per heavy atom. The zero-order chi connectivity index (χ0) is 13.1. The van der Waals surface area contributed by atoms with Gasteiger partial charge in [-0.15, -0.1) is 0 Å². The lowest BCUT2D eigenvalue weighted by Crippen LogP contribution is -2.29. The standard InChI is InChI=1S/C13H18F3N/c1-12(2,3)11-7-5-4-6-10(11)8-17-9-13(14,15)16/h4-7,17H,8-9H2,1-3H3. The first-order chi connectivity index (χ1) is 7.70. The lowest BCUT2D eigenvalue weighted by atomic mass is 9.84. The molecule has 0 unspecified atom stereocenters. The van der Waals surface area contributed by atoms with Crippen LogP contribution in [0.15, 0.2) is 24.3 Å². The number of benzene rings is 1. The molecule has 0 aliphatic carbocycles. The number of hydrogen-bond donors (Lipinski definition) is 1. The minimum absolute atomic E-state index is 0.0590. The Hall–Kier alpha value is -1.03. The van der Waals surface area contributed by atoms with E-state index in [4.69, 9.17) is 0 Å². The quantitative estimate of drug-likeness (QED) is 0.857. The van der Waals surface area contributed by atoms with Gasteiger partial charge >= 0.3 is 6.18 Å². The highest BCUT2D eigenvalue weighted by Crippen LogP contribution is 2.25. The van der Waals surface area contributed by atoms with Gasteiger partial charge < -0.3 is 5.32 Å². The van der Waals surface area contributed by atoms with Crippen molar-refractivity contribution in [3.05, 3.63) is 35.4 Å². The van der Waals surface area contributed by atoms with Gasteiger partial charge in [0.2, 0.25) is 0 Å². The largest absolute Gasteiger partial charge is 0.401 e. The van der Waals surface area contributed by atoms with Gasteiger partial charge in [0, 0.05) is 6.54 Å². The topological polar surface area (TPSA) is 12.0 Å². The average molecular weight is 245 g/mol. The van der Waals surface area contributed by atoms with E-state index in [0.29, 0.717) is 0 Å². The van der Waals surface area contributed by atoms with Crippen molar-refractivity contribution in [3.63, 3.8) is 0 Å². The smallest absolute Gasteiger partial charge is 0.305 e. The molecule has 4 heteroatoms. The van der Waals surface area contributed by atoms with Crippen molar-refractivity contribution < 1.29 is 13.2 Å². The van der Waals surface area contributed by atoms with Crippen LogP contribution in [-0.4, -0.2) is 12.7 Å². The van der Waals surface area contributed by atoms with Crippen molar-refractivity contribution in [2.75, 3.05) is 6.54 Å². The molecule has 0 radical (unpaired) electrons. The molecule has 0 aromatic heterocycles. The molecule has 0 fully saturated rings. The van der Waals surface area contributed by atoms with Crippen LogP contribution < -0.4 is 5.32 Å². The molecule has 0 amide bonds. The number of alkyl halides is 3. The summed E-state index contributed by atoms with van der Waals surface area (Å²) in [6.45, 7) is 5.44. The van der Waals surface area contributed by atoms with Crippen molar-refractivity contribution in [1.29, 1.82) is 0 Å². The van der Waals surface area contributed by atoms with E-state index in [-0.39, 0.29) is 12.0 Å². The van der Waals surface area contributed by atoms with E-state index in [0.717, 1.165) is 11.1 Å². The minimum Gasteiger partial charge on any atom is -0.305 e. The molecule has 0 saturated carbocycles. The minimum atomic E-state index is -4.16. The second-order valence-electron chi connectivity index (χ2n) is 5.13. The fourth-order valence-corrected chi connectivity index (χ4v) is 1.75. The summed E-state index contributed by atoms with van der Waals surface area (Å²) in [7, 11) is 0. The summed E-state index contributed by atoms with van der Waals surface area (Å²) < 4.78 is 36.1. The van der Waals surface area contributed by atoms with Crippen molar-refractivity contribution in [2.24, 2.45) is 0 Å². The Morgan fingerprint density at radius 2 is 1.65 bits per heavy atom. The lowest BCUT2D eigenvalue weighted by Gasteiger charge is -2.23. The van der Waals surface area contributed by atoms with E-state index in [1.54, 1.807) is 0 Å². The summed E-state index contributed by atoms with van der Waals surface area (Å²) >= 11 is 0. The molecular weight excluding hydrogens is 227 g/mol. The maximum atomic E-state index is 12.0. The summed E-state index contributed by atoms with van der Waals surface area (Å²) in [6, 6.07) is 7.59. The van der Waals surface area contributed by atoms with Crippen LogP contribution in [0.1, 0.15) is 31.9 Å². The van der Waals surface area contributed by atoms with Crippen LogP contribution in [0.2, 0.25) is 0 Å². The third-order valence-electron chi connectivity index (χ3n) is 2.47. The summed E-state index contributed by atoms with van der Waals surface area (Å²) in [4.78, 5) is 0. The molecule has 96 valence electrons. The van der Waals surface area contributed by atoms with E-state index >= 15 is 0 Å². The SMILES string of the molecule is CC(C)(C)c1ccccc1CNCC(F)(F)F. The van der Waals surface area contributed by atoms with Gasteiger partial charge in [-0.1, -0.05) is 45.0 Å². The summed E-state index contributed by atoms with van der Waals surface area (Å²) in [5, 5.41) is 2.43. The van der Waals surface area contributed by atoms with Crippen LogP contribution in [0, 0.1) is 0 Å². The highest BCUT2D eigenvalue weighted by molar-refractivity contribution is 5.32. The first-order valence-corrected chi connectivity index (χ1v) is 5.56. The third-order valence-corrected chi connectivity index (χ3v) is 2.47. The molecule has 1 aromatic rings. The van der Waals surface area contributed by atoms with Gasteiger partial charge in [0.15, 0.2) is 0 Å². The Bertz CT molecular complexity index is 364. The van der Waals surface area contributed by atoms with Gasteiger partial charge in [-0.2, -0.15) is 13.2 Å². The molecule has 17 heavy (non-hydrogen) atoms. The summed E-state index contributed by atoms with van der Waals surface area (Å²) in [5.74, 6) is 0. The highest BCUT2D eigenvalue weighted by atomic mass is 19.4. The molecule has 1 aromatic carbocycles. The first-order valence-electron chi connectivity index (χ1n) is 5.56. The van der Waals surface area contributed by atoms with Gasteiger partial charge in [-0.05, 0) is 16.5 Å². The average Bonchev–Trinajstić information content (AvgIpc) is 2.15. The summed E-state index contributed by atoms with van der Waals surface area (Å²) in [5.41, 5.74) is 1.94. The second-order valence-corrected chi connectivity index (χ2v) is 5.13. The molecule has 1 nitrogen and oxygen atoms in total. The zero-order valence-electron chi connectivity index (χ0n) is 10.4. The van der Waals surface area contributed by atoms with E-state index in [1.165, 1.54) is 0 Å². The zero-order valence-corrected chi connectivity index (χ0v) is 10.4. The molecule has 0 aliphatic rings. The third kappa shape index (κ3) is 4.77. The summed E-state index contributed by atoms with van der Waals surface area (Å²) in [6.07, 6.45) is -4.16. The molecule has 0 aliphatic heterocycles. The van der Waals surface area contributed by atoms with Crippen LogP contribution in [0.3, 0.4) is 0 Å². The molecule has 1 rings (SSSR count). The number of rotatable bonds is 3. The van der Waals surface area contributed by atoms with Crippen molar-refractivity contribution in [1.82, 2.24) is 5.32 Å². The molecule has 0 atom stereocenters. The van der Waals surface area contributed by atoms with Gasteiger partial charge in [0.05, 0.1) is 6.54 Å². The van der Waals surface area contributed by atoms with E-state index in [9.17, 15) is 13.2 Å². The van der Waals surface area contributed by atoms with Gasteiger partial charge in [-0.3, -0.25) is 0 Å². The van der Waals surface area contributed by atoms with Crippen LogP contribution in [-0.2, 0) is 12.0 Å². The van der Waals surface area contributed by atoms with E-state index in [1.807, 2.05) is 24.3 Å². The molecular formula is C13H18F3N. The number of nitrogens with one attached hydrogen (secondary N) is 1. The Morgan fingerprint density at radius 1 is 1.06 bits per heavy atom. The lowest BCUT2D eigenvalue weighted by molar-refractivity contribution is -0.125.